The molecule has 1 aliphatic rings. The number of rotatable bonds is 9. The van der Waals surface area contributed by atoms with Crippen LogP contribution >= 0.6 is 0 Å². The van der Waals surface area contributed by atoms with E-state index in [0.717, 1.165) is 6.42 Å². The third-order valence-corrected chi connectivity index (χ3v) is 3.88. The summed E-state index contributed by atoms with van der Waals surface area (Å²) >= 11 is 0. The maximum Gasteiger partial charge on any atom is 0.338 e. The smallest absolute Gasteiger partial charge is 0.338 e. The Kier molecular flexibility index (Phi) is 5.80. The van der Waals surface area contributed by atoms with Crippen LogP contribution in [0.2, 0.25) is 0 Å². The van der Waals surface area contributed by atoms with E-state index < -0.39 is 0 Å². The average molecular weight is 290 g/mol. The van der Waals surface area contributed by atoms with Crippen molar-refractivity contribution in [1.29, 1.82) is 0 Å². The van der Waals surface area contributed by atoms with E-state index in [-0.39, 0.29) is 11.6 Å². The van der Waals surface area contributed by atoms with Crippen molar-refractivity contribution >= 4 is 5.97 Å². The molecule has 0 bridgehead atoms. The molecule has 1 heterocycles. The van der Waals surface area contributed by atoms with Crippen LogP contribution in [-0.2, 0) is 15.9 Å². The zero-order valence-electron chi connectivity index (χ0n) is 13.2. The Morgan fingerprint density at radius 3 is 2.76 bits per heavy atom. The van der Waals surface area contributed by atoms with Crippen molar-refractivity contribution in [2.45, 2.75) is 58.0 Å². The molecular weight excluding hydrogens is 264 g/mol. The average Bonchev–Trinajstić information content (AvgIpc) is 3.23. The predicted octanol–water partition coefficient (Wildman–Crippen LogP) is 4.15. The molecule has 21 heavy (non-hydrogen) atoms. The standard InChI is InChI=1S/C18H26O3/c1-3-4-5-6-7-9-15-10-8-11-16(12-15)17(19)20-13-18(2)14-21-18/h8,10-12H,3-7,9,13-14H2,1-2H3. The zero-order chi connectivity index (χ0) is 15.1. The van der Waals surface area contributed by atoms with E-state index in [1.54, 1.807) is 0 Å². The normalized spacial score (nSPS) is 20.3. The number of esters is 1. The summed E-state index contributed by atoms with van der Waals surface area (Å²) in [7, 11) is 0. The first-order valence-corrected chi connectivity index (χ1v) is 8.03. The van der Waals surface area contributed by atoms with Gasteiger partial charge in [-0.25, -0.2) is 4.79 Å². The molecule has 0 aliphatic carbocycles. The van der Waals surface area contributed by atoms with Gasteiger partial charge in [-0.1, -0.05) is 44.7 Å². The molecule has 1 unspecified atom stereocenters. The van der Waals surface area contributed by atoms with E-state index >= 15 is 0 Å². The highest BCUT2D eigenvalue weighted by atomic mass is 16.6. The second-order valence-electron chi connectivity index (χ2n) is 6.18. The molecule has 1 saturated heterocycles. The summed E-state index contributed by atoms with van der Waals surface area (Å²) in [6, 6.07) is 7.80. The zero-order valence-corrected chi connectivity index (χ0v) is 13.2. The third-order valence-electron chi connectivity index (χ3n) is 3.88. The number of hydrogen-bond donors (Lipinski definition) is 0. The maximum atomic E-state index is 12.0. The fourth-order valence-corrected chi connectivity index (χ4v) is 2.29. The number of benzene rings is 1. The van der Waals surface area contributed by atoms with Crippen LogP contribution in [0.3, 0.4) is 0 Å². The molecule has 2 rings (SSSR count). The van der Waals surface area contributed by atoms with Crippen LogP contribution in [0.1, 0.15) is 61.9 Å². The van der Waals surface area contributed by atoms with Gasteiger partial charge < -0.3 is 9.47 Å². The number of ether oxygens (including phenoxy) is 2. The van der Waals surface area contributed by atoms with E-state index in [2.05, 4.69) is 13.0 Å². The molecule has 1 atom stereocenters. The minimum absolute atomic E-state index is 0.244. The minimum Gasteiger partial charge on any atom is -0.459 e. The van der Waals surface area contributed by atoms with Gasteiger partial charge in [0, 0.05) is 0 Å². The molecule has 1 fully saturated rings. The molecule has 3 heteroatoms. The number of unbranched alkanes of at least 4 members (excludes halogenated alkanes) is 4. The molecule has 0 radical (unpaired) electrons. The molecule has 1 aromatic rings. The van der Waals surface area contributed by atoms with Crippen LogP contribution in [0, 0.1) is 0 Å². The number of carbonyl (C=O) groups is 1. The summed E-state index contributed by atoms with van der Waals surface area (Å²) in [5.74, 6) is -0.250. The number of epoxide rings is 1. The topological polar surface area (TPSA) is 38.8 Å². The van der Waals surface area contributed by atoms with Gasteiger partial charge >= 0.3 is 5.97 Å². The molecule has 0 amide bonds. The Morgan fingerprint density at radius 1 is 1.29 bits per heavy atom. The fourth-order valence-electron chi connectivity index (χ4n) is 2.29. The Labute approximate surface area is 127 Å². The second kappa shape index (κ2) is 7.60. The SMILES string of the molecule is CCCCCCCc1cccc(C(=O)OCC2(C)CO2)c1. The molecule has 1 aliphatic heterocycles. The highest BCUT2D eigenvalue weighted by Gasteiger charge is 2.40. The van der Waals surface area contributed by atoms with Crippen molar-refractivity contribution in [3.8, 4) is 0 Å². The van der Waals surface area contributed by atoms with Crippen LogP contribution in [0.4, 0.5) is 0 Å². The molecule has 0 N–H and O–H groups in total. The molecule has 1 aromatic carbocycles. The van der Waals surface area contributed by atoms with E-state index in [4.69, 9.17) is 9.47 Å². The van der Waals surface area contributed by atoms with E-state index in [1.165, 1.54) is 37.7 Å². The van der Waals surface area contributed by atoms with Gasteiger partial charge in [0.05, 0.1) is 12.2 Å². The molecule has 0 saturated carbocycles. The lowest BCUT2D eigenvalue weighted by Crippen LogP contribution is -2.18. The van der Waals surface area contributed by atoms with Gasteiger partial charge in [0.1, 0.15) is 12.2 Å². The van der Waals surface area contributed by atoms with Crippen LogP contribution in [0.25, 0.3) is 0 Å². The van der Waals surface area contributed by atoms with Crippen LogP contribution < -0.4 is 0 Å². The molecule has 116 valence electrons. The van der Waals surface area contributed by atoms with Crippen molar-refractivity contribution in [2.75, 3.05) is 13.2 Å². The Hall–Kier alpha value is -1.35. The summed E-state index contributed by atoms with van der Waals surface area (Å²) in [6.07, 6.45) is 7.36. The highest BCUT2D eigenvalue weighted by molar-refractivity contribution is 5.89. The number of hydrogen-bond acceptors (Lipinski definition) is 3. The first-order chi connectivity index (χ1) is 10.1. The lowest BCUT2D eigenvalue weighted by molar-refractivity contribution is 0.0411. The molecule has 3 nitrogen and oxygen atoms in total. The Balaban J connectivity index is 1.77. The van der Waals surface area contributed by atoms with E-state index in [0.29, 0.717) is 18.8 Å². The molecule has 0 aromatic heterocycles. The van der Waals surface area contributed by atoms with Gasteiger partial charge in [-0.3, -0.25) is 0 Å². The van der Waals surface area contributed by atoms with Gasteiger partial charge in [-0.05, 0) is 37.5 Å². The van der Waals surface area contributed by atoms with Gasteiger partial charge in [-0.15, -0.1) is 0 Å². The third kappa shape index (κ3) is 5.50. The first kappa shape index (κ1) is 16.0. The summed E-state index contributed by atoms with van der Waals surface area (Å²) in [6.45, 7) is 5.19. The molecule has 0 spiro atoms. The van der Waals surface area contributed by atoms with E-state index in [1.807, 2.05) is 25.1 Å². The summed E-state index contributed by atoms with van der Waals surface area (Å²) in [5, 5.41) is 0. The van der Waals surface area contributed by atoms with Crippen molar-refractivity contribution < 1.29 is 14.3 Å². The number of carbonyl (C=O) groups excluding carboxylic acids is 1. The highest BCUT2D eigenvalue weighted by Crippen LogP contribution is 2.26. The van der Waals surface area contributed by atoms with Gasteiger partial charge in [-0.2, -0.15) is 0 Å². The fraction of sp³-hybridized carbons (Fsp3) is 0.611. The Morgan fingerprint density at radius 2 is 2.05 bits per heavy atom. The van der Waals surface area contributed by atoms with Crippen LogP contribution in [0.15, 0.2) is 24.3 Å². The van der Waals surface area contributed by atoms with Crippen molar-refractivity contribution in [3.63, 3.8) is 0 Å². The minimum atomic E-state index is -0.250. The van der Waals surface area contributed by atoms with Gasteiger partial charge in [0.2, 0.25) is 0 Å². The summed E-state index contributed by atoms with van der Waals surface area (Å²) < 4.78 is 10.5. The Bertz CT molecular complexity index is 463. The van der Waals surface area contributed by atoms with Crippen molar-refractivity contribution in [3.05, 3.63) is 35.4 Å². The summed E-state index contributed by atoms with van der Waals surface area (Å²) in [5.41, 5.74) is 1.62. The van der Waals surface area contributed by atoms with Gasteiger partial charge in [0.25, 0.3) is 0 Å². The lowest BCUT2D eigenvalue weighted by Gasteiger charge is -2.08. The van der Waals surface area contributed by atoms with Crippen LogP contribution in [0.5, 0.6) is 0 Å². The number of aryl methyl sites for hydroxylation is 1. The predicted molar refractivity (Wildman–Crippen MR) is 83.5 cm³/mol. The summed E-state index contributed by atoms with van der Waals surface area (Å²) in [4.78, 5) is 12.0. The van der Waals surface area contributed by atoms with Crippen LogP contribution in [-0.4, -0.2) is 24.8 Å². The monoisotopic (exact) mass is 290 g/mol. The van der Waals surface area contributed by atoms with Crippen molar-refractivity contribution in [1.82, 2.24) is 0 Å². The second-order valence-corrected chi connectivity index (χ2v) is 6.18. The largest absolute Gasteiger partial charge is 0.459 e. The van der Waals surface area contributed by atoms with Gasteiger partial charge in [0.15, 0.2) is 0 Å². The lowest BCUT2D eigenvalue weighted by atomic mass is 10.0. The quantitative estimate of drug-likeness (QED) is 0.390. The van der Waals surface area contributed by atoms with E-state index in [9.17, 15) is 4.79 Å². The maximum absolute atomic E-state index is 12.0. The van der Waals surface area contributed by atoms with Crippen molar-refractivity contribution in [2.24, 2.45) is 0 Å². The first-order valence-electron chi connectivity index (χ1n) is 8.03. The molecular formula is C18H26O3.